The third-order valence-electron chi connectivity index (χ3n) is 3.93. The molecule has 116 valence electrons. The summed E-state index contributed by atoms with van der Waals surface area (Å²) in [7, 11) is -0.847. The lowest BCUT2D eigenvalue weighted by atomic mass is 10.2. The molecule has 0 aliphatic carbocycles. The molecule has 1 aliphatic heterocycles. The van der Waals surface area contributed by atoms with Crippen LogP contribution in [0.15, 0.2) is 18.2 Å². The standard InChI is InChI=1S/C15H20ClNO3S/c1-10-8-13(4-5-14(10)16)20-9-15(18)17-6-7-21(19)12(3)11(17)2/h4-5,8,11-12H,6-7,9H2,1-3H3. The Morgan fingerprint density at radius 3 is 2.86 bits per heavy atom. The van der Waals surface area contributed by atoms with Gasteiger partial charge in [0.25, 0.3) is 5.91 Å². The Bertz CT molecular complexity index is 564. The van der Waals surface area contributed by atoms with Gasteiger partial charge in [0.1, 0.15) is 5.75 Å². The maximum absolute atomic E-state index is 12.3. The van der Waals surface area contributed by atoms with Crippen LogP contribution in [0, 0.1) is 6.92 Å². The molecule has 0 saturated carbocycles. The number of benzene rings is 1. The molecule has 0 N–H and O–H groups in total. The van der Waals surface area contributed by atoms with E-state index in [1.807, 2.05) is 26.8 Å². The molecule has 1 aromatic carbocycles. The van der Waals surface area contributed by atoms with Gasteiger partial charge in [0.05, 0.1) is 5.25 Å². The predicted octanol–water partition coefficient (Wildman–Crippen LogP) is 2.40. The number of aryl methyl sites for hydroxylation is 1. The Balaban J connectivity index is 1.95. The molecule has 6 heteroatoms. The molecule has 0 bridgehead atoms. The van der Waals surface area contributed by atoms with E-state index < -0.39 is 10.8 Å². The van der Waals surface area contributed by atoms with Gasteiger partial charge in [-0.25, -0.2) is 0 Å². The number of nitrogens with zero attached hydrogens (tertiary/aromatic N) is 1. The smallest absolute Gasteiger partial charge is 0.260 e. The zero-order valence-corrected chi connectivity index (χ0v) is 14.0. The number of hydrogen-bond donors (Lipinski definition) is 0. The first-order valence-electron chi connectivity index (χ1n) is 6.95. The van der Waals surface area contributed by atoms with Gasteiger partial charge in [-0.3, -0.25) is 9.00 Å². The normalized spacial score (nSPS) is 25.7. The summed E-state index contributed by atoms with van der Waals surface area (Å²) in [6, 6.07) is 5.29. The maximum atomic E-state index is 12.3. The van der Waals surface area contributed by atoms with E-state index in [0.717, 1.165) is 5.56 Å². The number of ether oxygens (including phenoxy) is 1. The molecule has 1 fully saturated rings. The van der Waals surface area contributed by atoms with E-state index >= 15 is 0 Å². The lowest BCUT2D eigenvalue weighted by molar-refractivity contribution is -0.135. The predicted molar refractivity (Wildman–Crippen MR) is 85.3 cm³/mol. The lowest BCUT2D eigenvalue weighted by Gasteiger charge is -2.37. The summed E-state index contributed by atoms with van der Waals surface area (Å²) in [6.45, 7) is 6.27. The Labute approximate surface area is 132 Å². The van der Waals surface area contributed by atoms with Crippen LogP contribution in [0.25, 0.3) is 0 Å². The first kappa shape index (κ1) is 16.3. The van der Waals surface area contributed by atoms with Crippen LogP contribution < -0.4 is 4.74 Å². The van der Waals surface area contributed by atoms with Crippen molar-refractivity contribution in [2.24, 2.45) is 0 Å². The average molecular weight is 330 g/mol. The van der Waals surface area contributed by atoms with E-state index in [0.29, 0.717) is 23.1 Å². The van der Waals surface area contributed by atoms with Crippen LogP contribution in [0.1, 0.15) is 19.4 Å². The Hall–Kier alpha value is -1.07. The molecule has 0 radical (unpaired) electrons. The van der Waals surface area contributed by atoms with Gasteiger partial charge in [-0.2, -0.15) is 0 Å². The molecular weight excluding hydrogens is 310 g/mol. The molecule has 2 rings (SSSR count). The van der Waals surface area contributed by atoms with Crippen molar-refractivity contribution in [2.75, 3.05) is 18.9 Å². The highest BCUT2D eigenvalue weighted by Crippen LogP contribution is 2.21. The third kappa shape index (κ3) is 3.77. The molecule has 4 nitrogen and oxygen atoms in total. The van der Waals surface area contributed by atoms with Crippen LogP contribution in [0.3, 0.4) is 0 Å². The SMILES string of the molecule is Cc1cc(OCC(=O)N2CCS(=O)C(C)C2C)ccc1Cl. The molecule has 1 amide bonds. The van der Waals surface area contributed by atoms with Crippen molar-refractivity contribution in [3.8, 4) is 5.75 Å². The van der Waals surface area contributed by atoms with E-state index in [-0.39, 0.29) is 23.8 Å². The van der Waals surface area contributed by atoms with E-state index in [9.17, 15) is 9.00 Å². The number of amides is 1. The second-order valence-electron chi connectivity index (χ2n) is 5.32. The first-order valence-corrected chi connectivity index (χ1v) is 8.71. The van der Waals surface area contributed by atoms with Gasteiger partial charge >= 0.3 is 0 Å². The van der Waals surface area contributed by atoms with Crippen LogP contribution in [0.4, 0.5) is 0 Å². The van der Waals surface area contributed by atoms with Gasteiger partial charge < -0.3 is 9.64 Å². The summed E-state index contributed by atoms with van der Waals surface area (Å²) in [4.78, 5) is 14.0. The van der Waals surface area contributed by atoms with Gasteiger partial charge in [0.2, 0.25) is 0 Å². The van der Waals surface area contributed by atoms with Crippen molar-refractivity contribution in [2.45, 2.75) is 32.1 Å². The Morgan fingerprint density at radius 2 is 2.19 bits per heavy atom. The van der Waals surface area contributed by atoms with Crippen molar-refractivity contribution in [3.63, 3.8) is 0 Å². The summed E-state index contributed by atoms with van der Waals surface area (Å²) in [5.41, 5.74) is 0.914. The number of rotatable bonds is 3. The summed E-state index contributed by atoms with van der Waals surface area (Å²) in [5, 5.41) is 0.676. The van der Waals surface area contributed by atoms with Gasteiger partial charge in [0.15, 0.2) is 6.61 Å². The topological polar surface area (TPSA) is 46.6 Å². The minimum atomic E-state index is -0.847. The quantitative estimate of drug-likeness (QED) is 0.855. The fraction of sp³-hybridized carbons (Fsp3) is 0.533. The van der Waals surface area contributed by atoms with Gasteiger partial charge in [-0.15, -0.1) is 0 Å². The monoisotopic (exact) mass is 329 g/mol. The number of halogens is 1. The minimum absolute atomic E-state index is 0.000441. The Kier molecular flexibility index (Phi) is 5.27. The van der Waals surface area contributed by atoms with E-state index in [1.165, 1.54) is 0 Å². The van der Waals surface area contributed by atoms with E-state index in [1.54, 1.807) is 17.0 Å². The molecule has 0 aromatic heterocycles. The van der Waals surface area contributed by atoms with Crippen LogP contribution in [-0.4, -0.2) is 45.2 Å². The van der Waals surface area contributed by atoms with Crippen molar-refractivity contribution < 1.29 is 13.7 Å². The summed E-state index contributed by atoms with van der Waals surface area (Å²) in [6.07, 6.45) is 0. The van der Waals surface area contributed by atoms with E-state index in [4.69, 9.17) is 16.3 Å². The molecule has 1 aliphatic rings. The van der Waals surface area contributed by atoms with E-state index in [2.05, 4.69) is 0 Å². The van der Waals surface area contributed by atoms with Gasteiger partial charge in [-0.05, 0) is 44.5 Å². The second-order valence-corrected chi connectivity index (χ2v) is 7.64. The summed E-state index contributed by atoms with van der Waals surface area (Å²) < 4.78 is 17.3. The van der Waals surface area contributed by atoms with Gasteiger partial charge in [0, 0.05) is 34.2 Å². The van der Waals surface area contributed by atoms with Crippen LogP contribution >= 0.6 is 11.6 Å². The van der Waals surface area contributed by atoms with Crippen LogP contribution in [-0.2, 0) is 15.6 Å². The molecular formula is C15H20ClNO3S. The molecule has 3 atom stereocenters. The lowest BCUT2D eigenvalue weighted by Crippen LogP contribution is -2.53. The van der Waals surface area contributed by atoms with Crippen LogP contribution in [0.2, 0.25) is 5.02 Å². The summed E-state index contributed by atoms with van der Waals surface area (Å²) >= 11 is 5.95. The van der Waals surface area contributed by atoms with Crippen molar-refractivity contribution in [3.05, 3.63) is 28.8 Å². The van der Waals surface area contributed by atoms with Crippen molar-refractivity contribution in [1.29, 1.82) is 0 Å². The fourth-order valence-corrected chi connectivity index (χ4v) is 3.79. The number of hydrogen-bond acceptors (Lipinski definition) is 3. The molecule has 1 saturated heterocycles. The zero-order chi connectivity index (χ0) is 15.6. The fourth-order valence-electron chi connectivity index (χ4n) is 2.34. The third-order valence-corrected chi connectivity index (χ3v) is 6.16. The highest BCUT2D eigenvalue weighted by atomic mass is 35.5. The first-order chi connectivity index (χ1) is 9.90. The molecule has 1 heterocycles. The number of carbonyl (C=O) groups excluding carboxylic acids is 1. The van der Waals surface area contributed by atoms with Crippen molar-refractivity contribution >= 4 is 28.3 Å². The Morgan fingerprint density at radius 1 is 1.48 bits per heavy atom. The maximum Gasteiger partial charge on any atom is 0.260 e. The minimum Gasteiger partial charge on any atom is -0.484 e. The number of carbonyl (C=O) groups is 1. The highest BCUT2D eigenvalue weighted by molar-refractivity contribution is 7.85. The second kappa shape index (κ2) is 6.79. The molecule has 0 spiro atoms. The largest absolute Gasteiger partial charge is 0.484 e. The summed E-state index contributed by atoms with van der Waals surface area (Å²) in [5.74, 6) is 1.10. The zero-order valence-electron chi connectivity index (χ0n) is 12.5. The highest BCUT2D eigenvalue weighted by Gasteiger charge is 2.32. The average Bonchev–Trinajstić information content (AvgIpc) is 2.46. The van der Waals surface area contributed by atoms with Gasteiger partial charge in [-0.1, -0.05) is 11.6 Å². The molecule has 1 aromatic rings. The van der Waals surface area contributed by atoms with Crippen molar-refractivity contribution in [1.82, 2.24) is 4.90 Å². The molecule has 21 heavy (non-hydrogen) atoms. The van der Waals surface area contributed by atoms with Crippen LogP contribution in [0.5, 0.6) is 5.75 Å². The molecule has 3 unspecified atom stereocenters.